The maximum absolute atomic E-state index is 17.2. The van der Waals surface area contributed by atoms with Crippen molar-refractivity contribution >= 4 is 29.3 Å². The third-order valence-corrected chi connectivity index (χ3v) is 15.1. The monoisotopic (exact) mass is 608 g/mol. The molecule has 0 unspecified atom stereocenters. The lowest BCUT2D eigenvalue weighted by Gasteiger charge is -2.44. The molecule has 0 N–H and O–H groups in total. The van der Waals surface area contributed by atoms with E-state index in [1.54, 1.807) is 0 Å². The molecule has 2 nitrogen and oxygen atoms in total. The summed E-state index contributed by atoms with van der Waals surface area (Å²) >= 11 is 0. The second-order valence-electron chi connectivity index (χ2n) is 9.35. The van der Waals surface area contributed by atoms with Crippen molar-refractivity contribution in [2.24, 2.45) is 0 Å². The van der Waals surface area contributed by atoms with Gasteiger partial charge in [0.1, 0.15) is 0 Å². The van der Waals surface area contributed by atoms with Crippen molar-refractivity contribution in [3.05, 3.63) is 182 Å². The Balaban J connectivity index is 1.54. The molecule has 0 bridgehead atoms. The summed E-state index contributed by atoms with van der Waals surface area (Å²) in [4.78, 5) is 5.39. The van der Waals surface area contributed by atoms with E-state index < -0.39 is 29.3 Å². The van der Waals surface area contributed by atoms with Gasteiger partial charge in [-0.1, -0.05) is 109 Å². The van der Waals surface area contributed by atoms with Gasteiger partial charge in [-0.25, -0.2) is 7.94 Å². The van der Waals surface area contributed by atoms with Gasteiger partial charge in [-0.15, -0.1) is 0 Å². The molecule has 6 aromatic rings. The van der Waals surface area contributed by atoms with Crippen LogP contribution in [0.3, 0.4) is 0 Å². The fourth-order valence-electron chi connectivity index (χ4n) is 4.94. The van der Waals surface area contributed by atoms with E-state index in [1.165, 1.54) is 0 Å². The van der Waals surface area contributed by atoms with Gasteiger partial charge < -0.3 is 0 Å². The van der Waals surface area contributed by atoms with Crippen LogP contribution in [0.4, 0.5) is 4.20 Å². The Hall–Kier alpha value is -3.70. The van der Waals surface area contributed by atoms with E-state index in [4.69, 9.17) is 7.94 Å². The first-order chi connectivity index (χ1) is 20.7. The van der Waals surface area contributed by atoms with E-state index in [-0.39, 0.29) is 0 Å². The van der Waals surface area contributed by atoms with Gasteiger partial charge in [0.25, 0.3) is 0 Å². The van der Waals surface area contributed by atoms with Gasteiger partial charge in [0.05, 0.1) is 0 Å². The highest BCUT2D eigenvalue weighted by atomic mass is 32.3. The summed E-state index contributed by atoms with van der Waals surface area (Å²) in [5.41, 5.74) is 0. The Morgan fingerprint density at radius 3 is 0.643 bits per heavy atom. The molecule has 0 aliphatic heterocycles. The smallest absolute Gasteiger partial charge is 0.245 e. The van der Waals surface area contributed by atoms with Crippen molar-refractivity contribution < 1.29 is 12.1 Å². The molecular formula is C36H30FO2PS2. The first-order valence-corrected chi connectivity index (χ1v) is 17.7. The number of hydrogen-bond donors (Lipinski definition) is 0. The zero-order valence-corrected chi connectivity index (χ0v) is 25.3. The van der Waals surface area contributed by atoms with Gasteiger partial charge in [0.15, 0.2) is 0 Å². The molecule has 0 aromatic heterocycles. The molecule has 0 aliphatic carbocycles. The molecule has 0 aliphatic rings. The first-order valence-electron chi connectivity index (χ1n) is 13.6. The van der Waals surface area contributed by atoms with Crippen molar-refractivity contribution in [3.63, 3.8) is 0 Å². The summed E-state index contributed by atoms with van der Waals surface area (Å²) in [6.45, 7) is 0. The molecular weight excluding hydrogens is 579 g/mol. The molecule has 6 rings (SSSR count). The van der Waals surface area contributed by atoms with Crippen LogP contribution in [0.15, 0.2) is 211 Å². The lowest BCUT2D eigenvalue weighted by Crippen LogP contribution is -2.09. The van der Waals surface area contributed by atoms with Gasteiger partial charge in [-0.3, -0.25) is 0 Å². The minimum absolute atomic E-state index is 0.899. The second kappa shape index (κ2) is 13.1. The summed E-state index contributed by atoms with van der Waals surface area (Å²) < 4.78 is 30.8. The molecule has 6 aromatic carbocycles. The van der Waals surface area contributed by atoms with Crippen LogP contribution < -0.4 is 0 Å². The van der Waals surface area contributed by atoms with Crippen LogP contribution in [-0.2, 0) is 7.94 Å². The molecule has 0 fully saturated rings. The predicted molar refractivity (Wildman–Crippen MR) is 174 cm³/mol. The molecule has 0 atom stereocenters. The van der Waals surface area contributed by atoms with Crippen molar-refractivity contribution in [1.82, 2.24) is 0 Å². The summed E-state index contributed by atoms with van der Waals surface area (Å²) in [5, 5.41) is 0. The third kappa shape index (κ3) is 5.55. The predicted octanol–water partition coefficient (Wildman–Crippen LogP) is 12.0. The molecule has 42 heavy (non-hydrogen) atoms. The van der Waals surface area contributed by atoms with E-state index in [9.17, 15) is 0 Å². The van der Waals surface area contributed by atoms with Crippen LogP contribution >= 0.6 is 29.3 Å². The molecule has 210 valence electrons. The van der Waals surface area contributed by atoms with Gasteiger partial charge in [0.2, 0.25) is 0 Å². The van der Waals surface area contributed by atoms with Gasteiger partial charge in [-0.05, 0) is 93.4 Å². The topological polar surface area (TPSA) is 18.5 Å². The van der Waals surface area contributed by atoms with Crippen molar-refractivity contribution in [2.75, 3.05) is 0 Å². The number of hydrogen-bond acceptors (Lipinski definition) is 2. The number of rotatable bonds is 10. The average Bonchev–Trinajstić information content (AvgIpc) is 3.08. The number of benzene rings is 6. The Labute approximate surface area is 251 Å². The zero-order valence-electron chi connectivity index (χ0n) is 22.8. The van der Waals surface area contributed by atoms with Crippen LogP contribution in [0.5, 0.6) is 0 Å². The second-order valence-corrected chi connectivity index (χ2v) is 16.0. The number of halogens is 1. The Morgan fingerprint density at radius 2 is 0.476 bits per heavy atom. The Morgan fingerprint density at radius 1 is 0.310 bits per heavy atom. The summed E-state index contributed by atoms with van der Waals surface area (Å²) in [7, 11) is -7.94. The maximum Gasteiger partial charge on any atom is 0.397 e. The summed E-state index contributed by atoms with van der Waals surface area (Å²) in [5.74, 6) is 0. The van der Waals surface area contributed by atoms with E-state index in [2.05, 4.69) is 0 Å². The van der Waals surface area contributed by atoms with Crippen molar-refractivity contribution in [3.8, 4) is 0 Å². The average molecular weight is 609 g/mol. The first kappa shape index (κ1) is 28.4. The maximum atomic E-state index is 17.2. The van der Waals surface area contributed by atoms with E-state index in [1.807, 2.05) is 182 Å². The Bertz CT molecular complexity index is 1360. The molecule has 0 radical (unpaired) electrons. The minimum Gasteiger partial charge on any atom is -0.245 e. The van der Waals surface area contributed by atoms with Gasteiger partial charge >= 0.3 is 8.69 Å². The zero-order chi connectivity index (χ0) is 28.7. The SMILES string of the molecule is FP(OS(c1ccccc1)(c1ccccc1)c1ccccc1)OS(c1ccccc1)(c1ccccc1)c1ccccc1. The van der Waals surface area contributed by atoms with Crippen molar-refractivity contribution in [2.45, 2.75) is 29.4 Å². The van der Waals surface area contributed by atoms with Crippen LogP contribution in [0.25, 0.3) is 0 Å². The van der Waals surface area contributed by atoms with Crippen LogP contribution in [-0.4, -0.2) is 0 Å². The van der Waals surface area contributed by atoms with E-state index in [0.717, 1.165) is 29.4 Å². The fourth-order valence-corrected chi connectivity index (χ4v) is 13.6. The molecule has 6 heteroatoms. The minimum atomic E-state index is -2.92. The normalized spacial score (nSPS) is 12.6. The lowest BCUT2D eigenvalue weighted by atomic mass is 10.4. The summed E-state index contributed by atoms with van der Waals surface area (Å²) in [6, 6.07) is 59.7. The molecule has 0 amide bonds. The van der Waals surface area contributed by atoms with E-state index >= 15 is 4.20 Å². The molecule has 0 saturated heterocycles. The lowest BCUT2D eigenvalue weighted by molar-refractivity contribution is 0.485. The molecule has 0 saturated carbocycles. The Kier molecular flexibility index (Phi) is 8.85. The van der Waals surface area contributed by atoms with Crippen LogP contribution in [0.1, 0.15) is 0 Å². The molecule has 0 spiro atoms. The summed E-state index contributed by atoms with van der Waals surface area (Å²) in [6.07, 6.45) is 0. The third-order valence-electron chi connectivity index (χ3n) is 6.79. The van der Waals surface area contributed by atoms with Crippen LogP contribution in [0.2, 0.25) is 0 Å². The molecule has 0 heterocycles. The van der Waals surface area contributed by atoms with Crippen molar-refractivity contribution in [1.29, 1.82) is 0 Å². The quantitative estimate of drug-likeness (QED) is 0.144. The standard InChI is InChI=1S/C36H30FO2PS2/c37-40(38-41(31-19-7-1-8-20-31,32-21-9-2-10-22-32)33-23-11-3-12-24-33)39-42(34-25-13-4-14-26-34,35-27-15-5-16-28-35)36-29-17-6-18-30-36/h1-30H. The highest BCUT2D eigenvalue weighted by Crippen LogP contribution is 2.80. The fraction of sp³-hybridized carbons (Fsp3) is 0. The van der Waals surface area contributed by atoms with E-state index in [0.29, 0.717) is 0 Å². The van der Waals surface area contributed by atoms with Gasteiger partial charge in [0, 0.05) is 29.4 Å². The van der Waals surface area contributed by atoms with Gasteiger partial charge in [-0.2, -0.15) is 4.20 Å². The highest BCUT2D eigenvalue weighted by molar-refractivity contribution is 8.33. The highest BCUT2D eigenvalue weighted by Gasteiger charge is 2.42. The largest absolute Gasteiger partial charge is 0.397 e. The van der Waals surface area contributed by atoms with Crippen LogP contribution in [0, 0.1) is 0 Å².